The van der Waals surface area contributed by atoms with Crippen LogP contribution in [0.5, 0.6) is 0 Å². The van der Waals surface area contributed by atoms with Crippen LogP contribution in [-0.2, 0) is 6.54 Å². The number of rotatable bonds is 14. The van der Waals surface area contributed by atoms with Gasteiger partial charge in [0.2, 0.25) is 0 Å². The van der Waals surface area contributed by atoms with Crippen LogP contribution in [0, 0.1) is 0 Å². The molecule has 2 saturated heterocycles. The molecule has 2 aliphatic rings. The van der Waals surface area contributed by atoms with Crippen molar-refractivity contribution in [2.24, 2.45) is 4.99 Å². The van der Waals surface area contributed by atoms with E-state index < -0.39 is 18.3 Å². The summed E-state index contributed by atoms with van der Waals surface area (Å²) in [5.41, 5.74) is 1.95. The fourth-order valence-corrected chi connectivity index (χ4v) is 4.86. The third kappa shape index (κ3) is 12.5. The number of hydrogen-bond acceptors (Lipinski definition) is 8. The zero-order chi connectivity index (χ0) is 32.4. The summed E-state index contributed by atoms with van der Waals surface area (Å²) in [6, 6.07) is 10.4. The Morgan fingerprint density at radius 2 is 1.79 bits per heavy atom. The second-order valence-corrected chi connectivity index (χ2v) is 10.2. The van der Waals surface area contributed by atoms with E-state index in [0.717, 1.165) is 38.0 Å². The summed E-state index contributed by atoms with van der Waals surface area (Å²) in [7, 11) is 3.92. The van der Waals surface area contributed by atoms with Crippen molar-refractivity contribution in [2.45, 2.75) is 79.4 Å². The molecule has 2 fully saturated rings. The fourth-order valence-electron chi connectivity index (χ4n) is 4.86. The number of hydrogen-bond donors (Lipinski definition) is 4. The minimum Gasteiger partial charge on any atom is -0.379 e. The number of halogens is 1. The molecule has 0 amide bonds. The minimum absolute atomic E-state index is 0.219. The predicted molar refractivity (Wildman–Crippen MR) is 178 cm³/mol. The van der Waals surface area contributed by atoms with Crippen LogP contribution in [0.1, 0.15) is 59.9 Å². The van der Waals surface area contributed by atoms with Gasteiger partial charge in [-0.2, -0.15) is 5.01 Å². The molecule has 10 heteroatoms. The van der Waals surface area contributed by atoms with Gasteiger partial charge in [-0.3, -0.25) is 9.91 Å². The molecule has 1 aromatic rings. The first-order valence-electron chi connectivity index (χ1n) is 15.8. The minimum atomic E-state index is -1.02. The number of aliphatic hydroxyl groups is 2. The number of aliphatic imine (C=N–C) groups is 1. The van der Waals surface area contributed by atoms with E-state index in [4.69, 9.17) is 0 Å². The Kier molecular flexibility index (Phi) is 18.9. The van der Waals surface area contributed by atoms with Gasteiger partial charge in [0.25, 0.3) is 0 Å². The number of nitrogens with one attached hydrogen (secondary N) is 2. The van der Waals surface area contributed by atoms with Gasteiger partial charge in [-0.1, -0.05) is 71.5 Å². The van der Waals surface area contributed by atoms with E-state index in [2.05, 4.69) is 34.2 Å². The van der Waals surface area contributed by atoms with E-state index >= 15 is 0 Å². The van der Waals surface area contributed by atoms with Crippen molar-refractivity contribution >= 4 is 5.84 Å². The molecular formula is C33H58FN7O2. The van der Waals surface area contributed by atoms with E-state index in [9.17, 15) is 14.6 Å². The Labute approximate surface area is 260 Å². The average molecular weight is 604 g/mol. The van der Waals surface area contributed by atoms with Gasteiger partial charge < -0.3 is 25.7 Å². The molecule has 0 radical (unpaired) electrons. The molecule has 0 spiro atoms. The molecular weight excluding hydrogens is 545 g/mol. The summed E-state index contributed by atoms with van der Waals surface area (Å²) in [6.45, 7) is 20.4. The number of allylic oxidation sites excluding steroid dienone is 3. The lowest BCUT2D eigenvalue weighted by molar-refractivity contribution is -0.156. The highest BCUT2D eigenvalue weighted by Crippen LogP contribution is 2.22. The van der Waals surface area contributed by atoms with Crippen LogP contribution in [0.2, 0.25) is 0 Å². The molecule has 9 nitrogen and oxygen atoms in total. The standard InChI is InChI=1S/C29H46FN7O2.2C2H6/c1-6-25(32-20-23-11-9-8-10-12-23)26(19-22(3)30)33-28-29(39)37(35(28)5)21-27(38)36(7-2)18-15-31-24-13-16-34(4)17-14-24;2*1-2/h6,8-12,19,24,27,29,31-32,38-39H,1,7,13-18,20-21H2,2-5H3;2*1-2H3/b22-19+,26-25-,33-28?;;. The normalized spacial score (nSPS) is 20.4. The van der Waals surface area contributed by atoms with Crippen molar-refractivity contribution in [3.63, 3.8) is 0 Å². The SMILES string of the molecule is C=C/C(NCc1ccccc1)=C(\C=C(/C)F)N=C1C(O)N(CC(O)N(CC)CCNC2CCN(C)CC2)N1C.CC.CC. The second-order valence-electron chi connectivity index (χ2n) is 10.2. The van der Waals surface area contributed by atoms with Crippen molar-refractivity contribution in [1.29, 1.82) is 0 Å². The number of nitrogens with zero attached hydrogens (tertiary/aromatic N) is 5. The van der Waals surface area contributed by atoms with Crippen LogP contribution < -0.4 is 10.6 Å². The zero-order valence-corrected chi connectivity index (χ0v) is 27.9. The Morgan fingerprint density at radius 1 is 1.16 bits per heavy atom. The summed E-state index contributed by atoms with van der Waals surface area (Å²) in [4.78, 5) is 8.90. The Hall–Kier alpha value is -2.60. The third-order valence-electron chi connectivity index (χ3n) is 7.34. The number of benzene rings is 1. The molecule has 1 aromatic carbocycles. The molecule has 43 heavy (non-hydrogen) atoms. The molecule has 2 unspecified atom stereocenters. The number of hydrazine groups is 1. The van der Waals surface area contributed by atoms with Crippen molar-refractivity contribution in [2.75, 3.05) is 53.4 Å². The largest absolute Gasteiger partial charge is 0.379 e. The van der Waals surface area contributed by atoms with Crippen molar-refractivity contribution < 1.29 is 14.6 Å². The van der Waals surface area contributed by atoms with Gasteiger partial charge in [-0.15, -0.1) is 0 Å². The lowest BCUT2D eigenvalue weighted by Crippen LogP contribution is -2.69. The maximum Gasteiger partial charge on any atom is 0.184 e. The lowest BCUT2D eigenvalue weighted by atomic mass is 10.1. The van der Waals surface area contributed by atoms with E-state index in [0.29, 0.717) is 42.9 Å². The summed E-state index contributed by atoms with van der Waals surface area (Å²) in [5, 5.41) is 32.0. The summed E-state index contributed by atoms with van der Waals surface area (Å²) in [6.07, 6.45) is 3.40. The van der Waals surface area contributed by atoms with Crippen molar-refractivity contribution in [3.05, 3.63) is 71.8 Å². The van der Waals surface area contributed by atoms with Crippen LogP contribution in [0.4, 0.5) is 4.39 Å². The van der Waals surface area contributed by atoms with Gasteiger partial charge in [-0.05, 0) is 64.2 Å². The molecule has 0 saturated carbocycles. The average Bonchev–Trinajstić information content (AvgIpc) is 3.03. The fraction of sp³-hybridized carbons (Fsp3) is 0.606. The Balaban J connectivity index is 0.00000221. The zero-order valence-electron chi connectivity index (χ0n) is 27.9. The van der Waals surface area contributed by atoms with Gasteiger partial charge in [-0.25, -0.2) is 9.38 Å². The van der Waals surface area contributed by atoms with Crippen LogP contribution in [0.3, 0.4) is 0 Å². The highest BCUT2D eigenvalue weighted by atomic mass is 19.1. The molecule has 0 bridgehead atoms. The molecule has 244 valence electrons. The summed E-state index contributed by atoms with van der Waals surface area (Å²) >= 11 is 0. The summed E-state index contributed by atoms with van der Waals surface area (Å²) < 4.78 is 14.0. The third-order valence-corrected chi connectivity index (χ3v) is 7.34. The van der Waals surface area contributed by atoms with Gasteiger partial charge in [0, 0.05) is 32.7 Å². The second kappa shape index (κ2) is 21.2. The van der Waals surface area contributed by atoms with Crippen molar-refractivity contribution in [1.82, 2.24) is 30.5 Å². The maximum atomic E-state index is 14.0. The predicted octanol–water partition coefficient (Wildman–Crippen LogP) is 4.30. The lowest BCUT2D eigenvalue weighted by Gasteiger charge is -2.49. The van der Waals surface area contributed by atoms with Gasteiger partial charge in [0.15, 0.2) is 12.1 Å². The van der Waals surface area contributed by atoms with E-state index in [-0.39, 0.29) is 6.54 Å². The number of piperidine rings is 1. The van der Waals surface area contributed by atoms with Crippen LogP contribution >= 0.6 is 0 Å². The number of likely N-dealkylation sites (N-methyl/N-ethyl adjacent to an activating group) is 2. The molecule has 2 aliphatic heterocycles. The first-order valence-corrected chi connectivity index (χ1v) is 15.8. The number of aliphatic hydroxyl groups excluding tert-OH is 2. The van der Waals surface area contributed by atoms with Crippen LogP contribution in [0.15, 0.2) is 71.3 Å². The van der Waals surface area contributed by atoms with Crippen LogP contribution in [-0.4, -0.2) is 108 Å². The highest BCUT2D eigenvalue weighted by Gasteiger charge is 2.41. The molecule has 0 aromatic heterocycles. The quantitative estimate of drug-likeness (QED) is 0.185. The topological polar surface area (TPSA) is 89.8 Å². The molecule has 2 atom stereocenters. The van der Waals surface area contributed by atoms with E-state index in [1.165, 1.54) is 13.0 Å². The first-order chi connectivity index (χ1) is 20.7. The maximum absolute atomic E-state index is 14.0. The molecule has 0 aliphatic carbocycles. The van der Waals surface area contributed by atoms with Gasteiger partial charge in [0.1, 0.15) is 6.23 Å². The van der Waals surface area contributed by atoms with E-state index in [1.54, 1.807) is 23.1 Å². The highest BCUT2D eigenvalue weighted by molar-refractivity contribution is 5.91. The van der Waals surface area contributed by atoms with E-state index in [1.807, 2.05) is 69.9 Å². The summed E-state index contributed by atoms with van der Waals surface area (Å²) in [5.74, 6) is -0.0473. The Morgan fingerprint density at radius 3 is 2.33 bits per heavy atom. The first kappa shape index (κ1) is 38.4. The molecule has 4 N–H and O–H groups in total. The van der Waals surface area contributed by atoms with Crippen LogP contribution in [0.25, 0.3) is 0 Å². The monoisotopic (exact) mass is 603 g/mol. The van der Waals surface area contributed by atoms with Crippen molar-refractivity contribution in [3.8, 4) is 0 Å². The smallest absolute Gasteiger partial charge is 0.184 e. The number of amidine groups is 1. The number of likely N-dealkylation sites (tertiary alicyclic amines) is 1. The Bertz CT molecular complexity index is 994. The van der Waals surface area contributed by atoms with Gasteiger partial charge >= 0.3 is 0 Å². The number of β-amino-alcohol motifs (C(OH)–C–C–N with tert-alkyl or cyclic N) is 1. The molecule has 2 heterocycles. The molecule has 3 rings (SSSR count). The van der Waals surface area contributed by atoms with Gasteiger partial charge in [0.05, 0.1) is 23.8 Å².